The fourth-order valence-electron chi connectivity index (χ4n) is 3.70. The molecule has 2 atom stereocenters. The first kappa shape index (κ1) is 15.1. The fraction of sp³-hybridized carbons (Fsp3) is 0.938. The maximum Gasteiger partial charge on any atom is 0.317 e. The molecule has 3 rings (SSSR count). The van der Waals surface area contributed by atoms with E-state index in [1.165, 1.54) is 19.3 Å². The molecule has 1 N–H and O–H groups in total. The number of hydrogen-bond acceptors (Lipinski definition) is 3. The summed E-state index contributed by atoms with van der Waals surface area (Å²) in [4.78, 5) is 14.4. The number of carbonyl (C=O) groups is 1. The highest BCUT2D eigenvalue weighted by Gasteiger charge is 2.42. The molecule has 3 fully saturated rings. The number of nitrogens with one attached hydrogen (secondary N) is 1. The highest BCUT2D eigenvalue weighted by atomic mass is 16.7. The first-order chi connectivity index (χ1) is 10.1. The summed E-state index contributed by atoms with van der Waals surface area (Å²) < 4.78 is 11.5. The lowest BCUT2D eigenvalue weighted by Crippen LogP contribution is -2.53. The standard InChI is InChI=1S/C16H28N2O3/c1-12(13-5-3-6-13)17-15(19)18-8-4-7-14(11-18)16(2)20-9-10-21-16/h12-14H,3-11H2,1-2H3,(H,17,19)/t12-,14+/m1/s1. The molecule has 5 heteroatoms. The summed E-state index contributed by atoms with van der Waals surface area (Å²) in [7, 11) is 0. The van der Waals surface area contributed by atoms with Crippen molar-refractivity contribution >= 4 is 6.03 Å². The van der Waals surface area contributed by atoms with Gasteiger partial charge >= 0.3 is 6.03 Å². The lowest BCUT2D eigenvalue weighted by Gasteiger charge is -2.41. The number of amides is 2. The van der Waals surface area contributed by atoms with Gasteiger partial charge in [0.25, 0.3) is 0 Å². The zero-order valence-electron chi connectivity index (χ0n) is 13.3. The quantitative estimate of drug-likeness (QED) is 0.870. The Morgan fingerprint density at radius 3 is 2.57 bits per heavy atom. The number of ether oxygens (including phenoxy) is 2. The summed E-state index contributed by atoms with van der Waals surface area (Å²) in [6.07, 6.45) is 5.91. The number of piperidine rings is 1. The van der Waals surface area contributed by atoms with Crippen LogP contribution >= 0.6 is 0 Å². The number of hydrogen-bond donors (Lipinski definition) is 1. The van der Waals surface area contributed by atoms with Gasteiger partial charge in [-0.3, -0.25) is 0 Å². The Hall–Kier alpha value is -0.810. The Morgan fingerprint density at radius 1 is 1.24 bits per heavy atom. The number of urea groups is 1. The van der Waals surface area contributed by atoms with E-state index in [1.807, 2.05) is 11.8 Å². The van der Waals surface area contributed by atoms with Crippen molar-refractivity contribution < 1.29 is 14.3 Å². The molecular formula is C16H28N2O3. The Balaban J connectivity index is 1.53. The van der Waals surface area contributed by atoms with Gasteiger partial charge in [-0.05, 0) is 45.4 Å². The minimum Gasteiger partial charge on any atom is -0.347 e. The van der Waals surface area contributed by atoms with Crippen LogP contribution in [0.1, 0.15) is 46.0 Å². The van der Waals surface area contributed by atoms with Gasteiger partial charge in [-0.1, -0.05) is 6.42 Å². The summed E-state index contributed by atoms with van der Waals surface area (Å²) in [5.74, 6) is 0.450. The van der Waals surface area contributed by atoms with Gasteiger partial charge < -0.3 is 19.7 Å². The second kappa shape index (κ2) is 6.13. The average molecular weight is 296 g/mol. The van der Waals surface area contributed by atoms with Crippen molar-refractivity contribution in [3.8, 4) is 0 Å². The van der Waals surface area contributed by atoms with Crippen molar-refractivity contribution in [1.29, 1.82) is 0 Å². The van der Waals surface area contributed by atoms with Gasteiger partial charge in [0.1, 0.15) is 0 Å². The van der Waals surface area contributed by atoms with E-state index in [-0.39, 0.29) is 11.9 Å². The Morgan fingerprint density at radius 2 is 1.95 bits per heavy atom. The minimum atomic E-state index is -0.501. The van der Waals surface area contributed by atoms with Crippen LogP contribution in [-0.4, -0.2) is 49.1 Å². The molecule has 0 unspecified atom stereocenters. The molecule has 3 aliphatic rings. The molecule has 21 heavy (non-hydrogen) atoms. The van der Waals surface area contributed by atoms with Gasteiger partial charge in [-0.25, -0.2) is 4.79 Å². The number of nitrogens with zero attached hydrogens (tertiary/aromatic N) is 1. The second-order valence-electron chi connectivity index (χ2n) is 6.93. The maximum atomic E-state index is 12.5. The zero-order valence-corrected chi connectivity index (χ0v) is 13.3. The Labute approximate surface area is 127 Å². The van der Waals surface area contributed by atoms with Gasteiger partial charge in [-0.15, -0.1) is 0 Å². The summed E-state index contributed by atoms with van der Waals surface area (Å²) in [6.45, 7) is 7.06. The molecule has 1 aliphatic carbocycles. The largest absolute Gasteiger partial charge is 0.347 e. The molecule has 2 saturated heterocycles. The van der Waals surface area contributed by atoms with Crippen LogP contribution in [0, 0.1) is 11.8 Å². The molecule has 0 aromatic rings. The molecule has 0 aromatic heterocycles. The number of likely N-dealkylation sites (tertiary alicyclic amines) is 1. The Bertz CT molecular complexity index is 378. The smallest absolute Gasteiger partial charge is 0.317 e. The molecule has 0 aromatic carbocycles. The molecule has 2 amide bonds. The summed E-state index contributed by atoms with van der Waals surface area (Å²) in [5, 5.41) is 3.18. The van der Waals surface area contributed by atoms with Crippen molar-refractivity contribution in [3.63, 3.8) is 0 Å². The van der Waals surface area contributed by atoms with E-state index in [0.29, 0.717) is 25.2 Å². The molecule has 0 radical (unpaired) electrons. The van der Waals surface area contributed by atoms with Crippen LogP contribution in [0.5, 0.6) is 0 Å². The van der Waals surface area contributed by atoms with Crippen molar-refractivity contribution in [2.45, 2.75) is 57.8 Å². The minimum absolute atomic E-state index is 0.0840. The van der Waals surface area contributed by atoms with E-state index in [0.717, 1.165) is 25.9 Å². The molecule has 1 saturated carbocycles. The fourth-order valence-corrected chi connectivity index (χ4v) is 3.70. The van der Waals surface area contributed by atoms with E-state index in [9.17, 15) is 4.79 Å². The third-order valence-corrected chi connectivity index (χ3v) is 5.52. The van der Waals surface area contributed by atoms with Gasteiger partial charge in [0.15, 0.2) is 5.79 Å². The van der Waals surface area contributed by atoms with Crippen LogP contribution in [0.2, 0.25) is 0 Å². The lowest BCUT2D eigenvalue weighted by molar-refractivity contribution is -0.189. The van der Waals surface area contributed by atoms with Crippen molar-refractivity contribution in [1.82, 2.24) is 10.2 Å². The second-order valence-corrected chi connectivity index (χ2v) is 6.93. The SMILES string of the molecule is C[C@@H](NC(=O)N1CCC[C@H](C2(C)OCCO2)C1)C1CCC1. The average Bonchev–Trinajstić information content (AvgIpc) is 2.85. The van der Waals surface area contributed by atoms with E-state index in [4.69, 9.17) is 9.47 Å². The predicted octanol–water partition coefficient (Wildman–Crippen LogP) is 2.36. The number of carbonyl (C=O) groups excluding carboxylic acids is 1. The molecular weight excluding hydrogens is 268 g/mol. The van der Waals surface area contributed by atoms with Crippen LogP contribution in [0.15, 0.2) is 0 Å². The summed E-state index contributed by atoms with van der Waals surface area (Å²) >= 11 is 0. The molecule has 2 heterocycles. The van der Waals surface area contributed by atoms with Crippen molar-refractivity contribution in [3.05, 3.63) is 0 Å². The monoisotopic (exact) mass is 296 g/mol. The van der Waals surface area contributed by atoms with Crippen LogP contribution in [0.25, 0.3) is 0 Å². The van der Waals surface area contributed by atoms with Crippen molar-refractivity contribution in [2.24, 2.45) is 11.8 Å². The van der Waals surface area contributed by atoms with Crippen molar-refractivity contribution in [2.75, 3.05) is 26.3 Å². The first-order valence-electron chi connectivity index (χ1n) is 8.42. The first-order valence-corrected chi connectivity index (χ1v) is 8.42. The van der Waals surface area contributed by atoms with Gasteiger partial charge in [0.2, 0.25) is 0 Å². The summed E-state index contributed by atoms with van der Waals surface area (Å²) in [6, 6.07) is 0.377. The maximum absolute atomic E-state index is 12.5. The topological polar surface area (TPSA) is 50.8 Å². The normalized spacial score (nSPS) is 30.8. The van der Waals surface area contributed by atoms with E-state index < -0.39 is 5.79 Å². The van der Waals surface area contributed by atoms with Crippen LogP contribution in [0.4, 0.5) is 4.79 Å². The molecule has 2 aliphatic heterocycles. The van der Waals surface area contributed by atoms with Gasteiger partial charge in [0, 0.05) is 25.0 Å². The number of rotatable bonds is 3. The third kappa shape index (κ3) is 3.19. The van der Waals surface area contributed by atoms with Crippen LogP contribution < -0.4 is 5.32 Å². The van der Waals surface area contributed by atoms with Gasteiger partial charge in [0.05, 0.1) is 13.2 Å². The van der Waals surface area contributed by atoms with Crippen LogP contribution in [-0.2, 0) is 9.47 Å². The zero-order chi connectivity index (χ0) is 14.9. The van der Waals surface area contributed by atoms with E-state index >= 15 is 0 Å². The van der Waals surface area contributed by atoms with Crippen LogP contribution in [0.3, 0.4) is 0 Å². The molecule has 120 valence electrons. The van der Waals surface area contributed by atoms with Gasteiger partial charge in [-0.2, -0.15) is 0 Å². The lowest BCUT2D eigenvalue weighted by atomic mass is 9.80. The Kier molecular flexibility index (Phi) is 4.41. The highest BCUT2D eigenvalue weighted by molar-refractivity contribution is 5.74. The highest BCUT2D eigenvalue weighted by Crippen LogP contribution is 2.34. The molecule has 0 bridgehead atoms. The molecule has 0 spiro atoms. The van der Waals surface area contributed by atoms with E-state index in [2.05, 4.69) is 12.2 Å². The predicted molar refractivity (Wildman–Crippen MR) is 79.9 cm³/mol. The third-order valence-electron chi connectivity index (χ3n) is 5.52. The van der Waals surface area contributed by atoms with E-state index in [1.54, 1.807) is 0 Å². The molecule has 5 nitrogen and oxygen atoms in total. The summed E-state index contributed by atoms with van der Waals surface area (Å²) in [5.41, 5.74) is 0.